The van der Waals surface area contributed by atoms with Crippen LogP contribution in [-0.4, -0.2) is 25.7 Å². The van der Waals surface area contributed by atoms with Gasteiger partial charge in [0.25, 0.3) is 0 Å². The van der Waals surface area contributed by atoms with Crippen LogP contribution in [0.4, 0.5) is 0 Å². The van der Waals surface area contributed by atoms with Crippen molar-refractivity contribution in [1.82, 2.24) is 0 Å². The summed E-state index contributed by atoms with van der Waals surface area (Å²) in [5.41, 5.74) is 3.24. The highest BCUT2D eigenvalue weighted by Gasteiger charge is 2.35. The Kier molecular flexibility index (Phi) is 6.60. The summed E-state index contributed by atoms with van der Waals surface area (Å²) >= 11 is 0. The SMILES string of the molecule is CCC[Si](C[SiH](C)C)(C[SiH](C)C)c1ccccc1. The van der Waals surface area contributed by atoms with Crippen LogP contribution in [-0.2, 0) is 0 Å². The third-order valence-corrected chi connectivity index (χ3v) is 19.5. The van der Waals surface area contributed by atoms with Crippen molar-refractivity contribution in [2.75, 3.05) is 0 Å². The van der Waals surface area contributed by atoms with Gasteiger partial charge in [-0.15, -0.1) is 0 Å². The first-order valence-corrected chi connectivity index (χ1v) is 16.4. The van der Waals surface area contributed by atoms with Gasteiger partial charge >= 0.3 is 0 Å². The molecular weight excluding hydrogens is 264 g/mol. The Bertz CT molecular complexity index is 323. The van der Waals surface area contributed by atoms with Crippen LogP contribution in [0.3, 0.4) is 0 Å². The molecule has 3 heteroatoms. The van der Waals surface area contributed by atoms with E-state index in [2.05, 4.69) is 63.4 Å². The van der Waals surface area contributed by atoms with E-state index in [1.165, 1.54) is 12.5 Å². The molecule has 0 unspecified atom stereocenters. The molecule has 102 valence electrons. The molecule has 1 aromatic carbocycles. The van der Waals surface area contributed by atoms with Gasteiger partial charge in [0.2, 0.25) is 0 Å². The molecule has 18 heavy (non-hydrogen) atoms. The smallest absolute Gasteiger partial charge is 0.0724 e. The molecule has 0 radical (unpaired) electrons. The van der Waals surface area contributed by atoms with Gasteiger partial charge in [0.1, 0.15) is 0 Å². The van der Waals surface area contributed by atoms with Crippen LogP contribution in [0.1, 0.15) is 13.3 Å². The predicted molar refractivity (Wildman–Crippen MR) is 94.3 cm³/mol. The van der Waals surface area contributed by atoms with E-state index in [1.54, 1.807) is 16.5 Å². The highest BCUT2D eigenvalue weighted by molar-refractivity contribution is 7.03. The Labute approximate surface area is 118 Å². The third-order valence-electron chi connectivity index (χ3n) is 3.71. The first-order chi connectivity index (χ1) is 8.50. The minimum absolute atomic E-state index is 0.472. The van der Waals surface area contributed by atoms with E-state index in [0.29, 0.717) is 0 Å². The van der Waals surface area contributed by atoms with Crippen LogP contribution < -0.4 is 5.19 Å². The molecule has 0 bridgehead atoms. The zero-order valence-corrected chi connectivity index (χ0v) is 16.2. The minimum atomic E-state index is -1.17. The van der Waals surface area contributed by atoms with E-state index in [1.807, 2.05) is 0 Å². The van der Waals surface area contributed by atoms with Crippen molar-refractivity contribution in [1.29, 1.82) is 0 Å². The summed E-state index contributed by atoms with van der Waals surface area (Å²) in [6.45, 7) is 12.6. The van der Waals surface area contributed by atoms with E-state index >= 15 is 0 Å². The zero-order chi connectivity index (χ0) is 13.6. The maximum absolute atomic E-state index is 2.54. The van der Waals surface area contributed by atoms with Gasteiger partial charge < -0.3 is 0 Å². The van der Waals surface area contributed by atoms with Crippen LogP contribution in [0.15, 0.2) is 30.3 Å². The Hall–Kier alpha value is -0.129. The van der Waals surface area contributed by atoms with Crippen LogP contribution in [0, 0.1) is 0 Å². The molecule has 0 heterocycles. The number of hydrogen-bond donors (Lipinski definition) is 0. The molecule has 0 aliphatic carbocycles. The van der Waals surface area contributed by atoms with Crippen molar-refractivity contribution >= 4 is 30.9 Å². The maximum atomic E-state index is 2.54. The fraction of sp³-hybridized carbons (Fsp3) is 0.600. The van der Waals surface area contributed by atoms with Crippen molar-refractivity contribution in [3.63, 3.8) is 0 Å². The monoisotopic (exact) mass is 294 g/mol. The van der Waals surface area contributed by atoms with Gasteiger partial charge in [0.05, 0.1) is 8.07 Å². The lowest BCUT2D eigenvalue weighted by molar-refractivity contribution is 1.04. The predicted octanol–water partition coefficient (Wildman–Crippen LogP) is 3.80. The normalized spacial score (nSPS) is 12.4. The van der Waals surface area contributed by atoms with Gasteiger partial charge in [-0.2, -0.15) is 0 Å². The van der Waals surface area contributed by atoms with Gasteiger partial charge in [0.15, 0.2) is 0 Å². The van der Waals surface area contributed by atoms with Crippen LogP contribution in [0.2, 0.25) is 43.6 Å². The summed E-state index contributed by atoms with van der Waals surface area (Å²) in [5, 5.41) is 1.76. The van der Waals surface area contributed by atoms with E-state index in [9.17, 15) is 0 Å². The fourth-order valence-electron chi connectivity index (χ4n) is 3.50. The van der Waals surface area contributed by atoms with Crippen molar-refractivity contribution in [3.8, 4) is 0 Å². The lowest BCUT2D eigenvalue weighted by atomic mass is 10.4. The van der Waals surface area contributed by atoms with Crippen molar-refractivity contribution in [2.24, 2.45) is 0 Å². The van der Waals surface area contributed by atoms with Crippen LogP contribution in [0.25, 0.3) is 0 Å². The molecule has 1 rings (SSSR count). The average molecular weight is 295 g/mol. The minimum Gasteiger partial charge on any atom is -0.0724 e. The van der Waals surface area contributed by atoms with Gasteiger partial charge in [-0.25, -0.2) is 0 Å². The molecule has 0 aromatic heterocycles. The summed E-state index contributed by atoms with van der Waals surface area (Å²) in [4.78, 5) is 0. The standard InChI is InChI=1S/C15H30Si3/c1-6-12-18(13-16(2)3,14-17(4)5)15-10-8-7-9-11-15/h7-11,16-17H,6,12-14H2,1-5H3. The molecule has 0 saturated heterocycles. The summed E-state index contributed by atoms with van der Waals surface area (Å²) in [5.74, 6) is 0. The van der Waals surface area contributed by atoms with Crippen molar-refractivity contribution < 1.29 is 0 Å². The summed E-state index contributed by atoms with van der Waals surface area (Å²) in [6, 6.07) is 13.1. The van der Waals surface area contributed by atoms with Gasteiger partial charge in [-0.1, -0.05) is 92.4 Å². The Morgan fingerprint density at radius 3 is 1.78 bits per heavy atom. The molecule has 0 N–H and O–H groups in total. The Balaban J connectivity index is 3.10. The molecule has 0 amide bonds. The zero-order valence-electron chi connectivity index (χ0n) is 12.9. The molecule has 1 aromatic rings. The van der Waals surface area contributed by atoms with E-state index in [-0.39, 0.29) is 0 Å². The second-order valence-corrected chi connectivity index (χ2v) is 19.1. The lowest BCUT2D eigenvalue weighted by Crippen LogP contribution is -2.52. The molecule has 0 atom stereocenters. The van der Waals surface area contributed by atoms with Crippen molar-refractivity contribution in [2.45, 2.75) is 56.9 Å². The first kappa shape index (κ1) is 15.9. The number of hydrogen-bond acceptors (Lipinski definition) is 0. The molecule has 0 spiro atoms. The highest BCUT2D eigenvalue weighted by atomic mass is 28.4. The first-order valence-electron chi connectivity index (χ1n) is 7.55. The fourth-order valence-corrected chi connectivity index (χ4v) is 23.8. The second kappa shape index (κ2) is 7.46. The molecule has 0 nitrogen and oxygen atoms in total. The summed E-state index contributed by atoms with van der Waals surface area (Å²) in [6.07, 6.45) is 1.38. The number of rotatable bonds is 7. The largest absolute Gasteiger partial charge is 0.0810 e. The highest BCUT2D eigenvalue weighted by Crippen LogP contribution is 2.25. The molecular formula is C15H30Si3. The molecule has 0 aliphatic heterocycles. The Morgan fingerprint density at radius 2 is 1.39 bits per heavy atom. The third kappa shape index (κ3) is 4.52. The number of benzene rings is 1. The van der Waals surface area contributed by atoms with E-state index in [4.69, 9.17) is 0 Å². The topological polar surface area (TPSA) is 0 Å². The quantitative estimate of drug-likeness (QED) is 0.671. The second-order valence-electron chi connectivity index (χ2n) is 6.59. The lowest BCUT2D eigenvalue weighted by Gasteiger charge is -2.35. The Morgan fingerprint density at radius 1 is 0.889 bits per heavy atom. The molecule has 0 fully saturated rings. The van der Waals surface area contributed by atoms with Crippen LogP contribution >= 0.6 is 0 Å². The molecule has 0 saturated carbocycles. The van der Waals surface area contributed by atoms with Gasteiger partial charge in [0, 0.05) is 17.6 Å². The summed E-state index contributed by atoms with van der Waals surface area (Å²) < 4.78 is 0. The van der Waals surface area contributed by atoms with Gasteiger partial charge in [-0.3, -0.25) is 0 Å². The van der Waals surface area contributed by atoms with Crippen molar-refractivity contribution in [3.05, 3.63) is 30.3 Å². The van der Waals surface area contributed by atoms with Crippen LogP contribution in [0.5, 0.6) is 0 Å². The van der Waals surface area contributed by atoms with E-state index in [0.717, 1.165) is 0 Å². The molecule has 0 aliphatic rings. The average Bonchev–Trinajstić information content (AvgIpc) is 2.28. The van der Waals surface area contributed by atoms with Gasteiger partial charge in [-0.05, 0) is 0 Å². The summed E-state index contributed by atoms with van der Waals surface area (Å²) in [7, 11) is -2.12. The maximum Gasteiger partial charge on any atom is 0.0810 e. The van der Waals surface area contributed by atoms with E-state index < -0.39 is 25.7 Å².